The lowest BCUT2D eigenvalue weighted by molar-refractivity contribution is -0.0423. The summed E-state index contributed by atoms with van der Waals surface area (Å²) in [6.07, 6.45) is -0.480. The van der Waals surface area contributed by atoms with Gasteiger partial charge in [0.05, 0.1) is 24.9 Å². The number of benzene rings is 1. The number of ether oxygens (including phenoxy) is 3. The molecular formula is C14H19FO5. The average Bonchev–Trinajstić information content (AvgIpc) is 2.44. The molecule has 2 unspecified atom stereocenters. The van der Waals surface area contributed by atoms with Crippen LogP contribution in [0.2, 0.25) is 0 Å². The Kier molecular flexibility index (Phi) is 7.14. The van der Waals surface area contributed by atoms with Crippen LogP contribution in [0.1, 0.15) is 17.3 Å². The van der Waals surface area contributed by atoms with Crippen molar-refractivity contribution in [3.63, 3.8) is 0 Å². The molecule has 0 amide bonds. The Morgan fingerprint density at radius 2 is 2.10 bits per heavy atom. The first-order valence-corrected chi connectivity index (χ1v) is 6.23. The van der Waals surface area contributed by atoms with Gasteiger partial charge in [-0.15, -0.1) is 0 Å². The number of hydrogen-bond donors (Lipinski definition) is 1. The van der Waals surface area contributed by atoms with Crippen LogP contribution < -0.4 is 4.74 Å². The second-order valence-electron chi connectivity index (χ2n) is 4.36. The molecule has 0 saturated heterocycles. The van der Waals surface area contributed by atoms with Crippen molar-refractivity contribution in [2.75, 3.05) is 26.9 Å². The Bertz CT molecular complexity index is 424. The SMILES string of the molecule is COCC(C)OCC(O)COc1ccc(F)cc1C=O. The number of aldehydes is 1. The van der Waals surface area contributed by atoms with E-state index in [1.165, 1.54) is 12.1 Å². The molecule has 1 aromatic rings. The molecule has 0 heterocycles. The van der Waals surface area contributed by atoms with Gasteiger partial charge in [-0.2, -0.15) is 0 Å². The molecule has 1 aromatic carbocycles. The number of rotatable bonds is 9. The summed E-state index contributed by atoms with van der Waals surface area (Å²) >= 11 is 0. The molecular weight excluding hydrogens is 267 g/mol. The minimum absolute atomic E-state index is 0.0494. The van der Waals surface area contributed by atoms with Gasteiger partial charge in [-0.1, -0.05) is 0 Å². The van der Waals surface area contributed by atoms with E-state index in [1.54, 1.807) is 7.11 Å². The van der Waals surface area contributed by atoms with Gasteiger partial charge < -0.3 is 19.3 Å². The van der Waals surface area contributed by atoms with Gasteiger partial charge in [0.1, 0.15) is 24.3 Å². The highest BCUT2D eigenvalue weighted by molar-refractivity contribution is 5.79. The number of aliphatic hydroxyl groups excluding tert-OH is 1. The first kappa shape index (κ1) is 16.6. The molecule has 0 aliphatic rings. The minimum atomic E-state index is -0.848. The lowest BCUT2D eigenvalue weighted by Crippen LogP contribution is -2.27. The summed E-state index contributed by atoms with van der Waals surface area (Å²) in [6.45, 7) is 2.29. The highest BCUT2D eigenvalue weighted by atomic mass is 19.1. The van der Waals surface area contributed by atoms with Crippen molar-refractivity contribution in [1.29, 1.82) is 0 Å². The van der Waals surface area contributed by atoms with Gasteiger partial charge in [-0.05, 0) is 25.1 Å². The molecule has 0 aromatic heterocycles. The van der Waals surface area contributed by atoms with Crippen LogP contribution in [-0.4, -0.2) is 50.5 Å². The van der Waals surface area contributed by atoms with Crippen molar-refractivity contribution < 1.29 is 28.5 Å². The normalized spacial score (nSPS) is 13.8. The van der Waals surface area contributed by atoms with Gasteiger partial charge in [-0.25, -0.2) is 4.39 Å². The summed E-state index contributed by atoms with van der Waals surface area (Å²) in [5, 5.41) is 9.69. The van der Waals surface area contributed by atoms with E-state index in [4.69, 9.17) is 14.2 Å². The van der Waals surface area contributed by atoms with Crippen LogP contribution in [0.25, 0.3) is 0 Å². The Hall–Kier alpha value is -1.50. The van der Waals surface area contributed by atoms with Crippen LogP contribution in [-0.2, 0) is 9.47 Å². The molecule has 5 nitrogen and oxygen atoms in total. The number of hydrogen-bond acceptors (Lipinski definition) is 5. The van der Waals surface area contributed by atoms with Crippen LogP contribution >= 0.6 is 0 Å². The number of carbonyl (C=O) groups is 1. The van der Waals surface area contributed by atoms with Gasteiger partial charge in [0.15, 0.2) is 6.29 Å². The zero-order chi connectivity index (χ0) is 15.0. The van der Waals surface area contributed by atoms with Gasteiger partial charge in [0.25, 0.3) is 0 Å². The molecule has 1 N–H and O–H groups in total. The topological polar surface area (TPSA) is 65.0 Å². The second kappa shape index (κ2) is 8.63. The van der Waals surface area contributed by atoms with Gasteiger partial charge in [0.2, 0.25) is 0 Å². The lowest BCUT2D eigenvalue weighted by atomic mass is 10.2. The molecule has 20 heavy (non-hydrogen) atoms. The number of methoxy groups -OCH3 is 1. The largest absolute Gasteiger partial charge is 0.490 e. The molecule has 2 atom stereocenters. The number of aliphatic hydroxyl groups is 1. The molecule has 0 radical (unpaired) electrons. The molecule has 0 bridgehead atoms. The van der Waals surface area contributed by atoms with Crippen molar-refractivity contribution in [3.05, 3.63) is 29.6 Å². The third kappa shape index (κ3) is 5.64. The van der Waals surface area contributed by atoms with Crippen LogP contribution in [0.3, 0.4) is 0 Å². The predicted molar refractivity (Wildman–Crippen MR) is 70.6 cm³/mol. The van der Waals surface area contributed by atoms with Crippen molar-refractivity contribution in [3.8, 4) is 5.75 Å². The highest BCUT2D eigenvalue weighted by Crippen LogP contribution is 2.18. The van der Waals surface area contributed by atoms with Crippen LogP contribution in [0.15, 0.2) is 18.2 Å². The number of carbonyl (C=O) groups excluding carboxylic acids is 1. The Labute approximate surface area is 117 Å². The standard InChI is InChI=1S/C14H19FO5/c1-10(7-18-2)19-8-13(17)9-20-14-4-3-12(15)5-11(14)6-16/h3-6,10,13,17H,7-9H2,1-2H3. The zero-order valence-corrected chi connectivity index (χ0v) is 11.5. The van der Waals surface area contributed by atoms with E-state index >= 15 is 0 Å². The molecule has 112 valence electrons. The maximum Gasteiger partial charge on any atom is 0.153 e. The van der Waals surface area contributed by atoms with Crippen molar-refractivity contribution in [2.45, 2.75) is 19.1 Å². The summed E-state index contributed by atoms with van der Waals surface area (Å²) in [5.41, 5.74) is 0.103. The van der Waals surface area contributed by atoms with E-state index in [1.807, 2.05) is 6.92 Å². The maximum atomic E-state index is 12.9. The van der Waals surface area contributed by atoms with Gasteiger partial charge >= 0.3 is 0 Å². The fraction of sp³-hybridized carbons (Fsp3) is 0.500. The minimum Gasteiger partial charge on any atom is -0.490 e. The van der Waals surface area contributed by atoms with Crippen molar-refractivity contribution in [2.24, 2.45) is 0 Å². The molecule has 1 rings (SSSR count). The van der Waals surface area contributed by atoms with Crippen LogP contribution in [0, 0.1) is 5.82 Å². The Balaban J connectivity index is 2.41. The smallest absolute Gasteiger partial charge is 0.153 e. The quantitative estimate of drug-likeness (QED) is 0.696. The molecule has 0 fully saturated rings. The predicted octanol–water partition coefficient (Wildman–Crippen LogP) is 1.43. The monoisotopic (exact) mass is 286 g/mol. The van der Waals surface area contributed by atoms with Crippen LogP contribution in [0.5, 0.6) is 5.75 Å². The molecule has 0 saturated carbocycles. The van der Waals surface area contributed by atoms with Gasteiger partial charge in [0, 0.05) is 7.11 Å². The van der Waals surface area contributed by atoms with E-state index in [9.17, 15) is 14.3 Å². The van der Waals surface area contributed by atoms with E-state index in [-0.39, 0.29) is 30.6 Å². The average molecular weight is 286 g/mol. The highest BCUT2D eigenvalue weighted by Gasteiger charge is 2.11. The molecule has 0 spiro atoms. The fourth-order valence-corrected chi connectivity index (χ4v) is 1.54. The summed E-state index contributed by atoms with van der Waals surface area (Å²) in [6, 6.07) is 3.61. The van der Waals surface area contributed by atoms with E-state index in [0.29, 0.717) is 12.9 Å². The summed E-state index contributed by atoms with van der Waals surface area (Å²) in [5.74, 6) is -0.290. The third-order valence-corrected chi connectivity index (χ3v) is 2.50. The van der Waals surface area contributed by atoms with Gasteiger partial charge in [-0.3, -0.25) is 4.79 Å². The first-order valence-electron chi connectivity index (χ1n) is 6.23. The van der Waals surface area contributed by atoms with Crippen molar-refractivity contribution in [1.82, 2.24) is 0 Å². The first-order chi connectivity index (χ1) is 9.56. The summed E-state index contributed by atoms with van der Waals surface area (Å²) in [7, 11) is 1.56. The summed E-state index contributed by atoms with van der Waals surface area (Å²) < 4.78 is 28.4. The number of halogens is 1. The molecule has 0 aliphatic carbocycles. The lowest BCUT2D eigenvalue weighted by Gasteiger charge is -2.16. The molecule has 0 aliphatic heterocycles. The van der Waals surface area contributed by atoms with E-state index < -0.39 is 11.9 Å². The molecule has 6 heteroatoms. The van der Waals surface area contributed by atoms with Crippen LogP contribution in [0.4, 0.5) is 4.39 Å². The maximum absolute atomic E-state index is 12.9. The summed E-state index contributed by atoms with van der Waals surface area (Å²) in [4.78, 5) is 10.8. The van der Waals surface area contributed by atoms with E-state index in [2.05, 4.69) is 0 Å². The van der Waals surface area contributed by atoms with Crippen molar-refractivity contribution >= 4 is 6.29 Å². The Morgan fingerprint density at radius 1 is 1.35 bits per heavy atom. The second-order valence-corrected chi connectivity index (χ2v) is 4.36. The fourth-order valence-electron chi connectivity index (χ4n) is 1.54. The third-order valence-electron chi connectivity index (χ3n) is 2.50. The van der Waals surface area contributed by atoms with E-state index in [0.717, 1.165) is 6.07 Å². The Morgan fingerprint density at radius 3 is 2.75 bits per heavy atom. The zero-order valence-electron chi connectivity index (χ0n) is 11.5.